The highest BCUT2D eigenvalue weighted by molar-refractivity contribution is 5.88. The third-order valence-electron chi connectivity index (χ3n) is 12.4. The summed E-state index contributed by atoms with van der Waals surface area (Å²) in [6, 6.07) is 0. The molecule has 1 aliphatic heterocycles. The van der Waals surface area contributed by atoms with Crippen molar-refractivity contribution in [2.45, 2.75) is 142 Å². The molecule has 3 saturated carbocycles. The molecule has 4 aliphatic carbocycles. The van der Waals surface area contributed by atoms with Gasteiger partial charge in [0.25, 0.3) is 0 Å². The third-order valence-corrected chi connectivity index (χ3v) is 12.4. The summed E-state index contributed by atoms with van der Waals surface area (Å²) in [4.78, 5) is 37.6. The zero-order chi connectivity index (χ0) is 32.2. The van der Waals surface area contributed by atoms with E-state index >= 15 is 0 Å². The predicted octanol–water partition coefficient (Wildman–Crippen LogP) is 5.22. The Kier molecular flexibility index (Phi) is 9.29. The Morgan fingerprint density at radius 1 is 1.05 bits per heavy atom. The number of hydrogen-bond donors (Lipinski definition) is 1. The van der Waals surface area contributed by atoms with Crippen LogP contribution in [0.5, 0.6) is 0 Å². The van der Waals surface area contributed by atoms with E-state index in [4.69, 9.17) is 23.7 Å². The summed E-state index contributed by atoms with van der Waals surface area (Å²) in [6.07, 6.45) is 7.22. The first-order chi connectivity index (χ1) is 20.7. The molecule has 44 heavy (non-hydrogen) atoms. The molecule has 0 radical (unpaired) electrons. The fourth-order valence-electron chi connectivity index (χ4n) is 9.72. The van der Waals surface area contributed by atoms with Gasteiger partial charge in [0.05, 0.1) is 17.8 Å². The molecule has 5 aliphatic rings. The molecule has 1 heterocycles. The highest BCUT2D eigenvalue weighted by Gasteiger charge is 2.71. The minimum Gasteiger partial charge on any atom is -0.458 e. The van der Waals surface area contributed by atoms with E-state index in [1.54, 1.807) is 27.0 Å². The fraction of sp³-hybridized carbons (Fsp3) is 0.800. The van der Waals surface area contributed by atoms with Crippen LogP contribution in [-0.4, -0.2) is 72.3 Å². The van der Waals surface area contributed by atoms with Gasteiger partial charge < -0.3 is 28.8 Å². The van der Waals surface area contributed by atoms with Crippen molar-refractivity contribution in [2.75, 3.05) is 7.11 Å². The average Bonchev–Trinajstić information content (AvgIpc) is 3.26. The molecule has 9 heteroatoms. The summed E-state index contributed by atoms with van der Waals surface area (Å²) in [7, 11) is 1.61. The van der Waals surface area contributed by atoms with Crippen LogP contribution in [0.1, 0.15) is 99.8 Å². The topological polar surface area (TPSA) is 118 Å². The summed E-state index contributed by atoms with van der Waals surface area (Å²) in [5, 5.41) is 12.6. The van der Waals surface area contributed by atoms with Gasteiger partial charge in [0, 0.05) is 37.4 Å². The summed E-state index contributed by atoms with van der Waals surface area (Å²) < 4.78 is 30.0. The summed E-state index contributed by atoms with van der Waals surface area (Å²) in [5.74, 6) is -0.968. The molecule has 0 aromatic heterocycles. The molecule has 0 amide bonds. The Morgan fingerprint density at radius 2 is 1.77 bits per heavy atom. The van der Waals surface area contributed by atoms with Gasteiger partial charge in [-0.15, -0.1) is 0 Å². The van der Waals surface area contributed by atoms with E-state index in [1.807, 2.05) is 20.8 Å². The quantitative estimate of drug-likeness (QED) is 0.233. The third kappa shape index (κ3) is 5.39. The zero-order valence-corrected chi connectivity index (χ0v) is 27.7. The minimum absolute atomic E-state index is 0.0240. The van der Waals surface area contributed by atoms with Crippen molar-refractivity contribution >= 4 is 17.7 Å². The van der Waals surface area contributed by atoms with Crippen LogP contribution in [0, 0.1) is 28.6 Å². The number of fused-ring (bicyclic) bond motifs is 5. The van der Waals surface area contributed by atoms with E-state index in [1.165, 1.54) is 12.5 Å². The highest BCUT2D eigenvalue weighted by Crippen LogP contribution is 2.68. The van der Waals surface area contributed by atoms with Gasteiger partial charge in [0.1, 0.15) is 18.0 Å². The number of ether oxygens (including phenoxy) is 5. The largest absolute Gasteiger partial charge is 0.458 e. The van der Waals surface area contributed by atoms with Crippen molar-refractivity contribution in [1.29, 1.82) is 0 Å². The van der Waals surface area contributed by atoms with Crippen LogP contribution in [0.25, 0.3) is 0 Å². The van der Waals surface area contributed by atoms with E-state index in [0.29, 0.717) is 31.3 Å². The van der Waals surface area contributed by atoms with Crippen LogP contribution in [0.2, 0.25) is 0 Å². The summed E-state index contributed by atoms with van der Waals surface area (Å²) in [5.41, 5.74) is -0.298. The molecule has 4 fully saturated rings. The maximum absolute atomic E-state index is 13.1. The molecule has 12 atom stereocenters. The zero-order valence-electron chi connectivity index (χ0n) is 27.7. The number of aliphatic hydroxyl groups is 1. The standard InChI is InChI=1S/C35H52O9/c1-9-19(2)32(38)44-29-17-27-26(35(39)15-13-25(20(3)36)34(29,35)7)11-10-23-16-24(12-14-33(23,27)6)43-30-18-28(40-8)31(21(4)41-30)42-22(5)37/h9-10,21,24-31,39H,11-18H2,1-8H3/b19-9+/t21-,24+,25-,26-,27+,28+,29-,30-,31-,33+,34+,35+/m1/s1. The minimum atomic E-state index is -1.11. The molecule has 0 aromatic carbocycles. The first-order valence-electron chi connectivity index (χ1n) is 16.5. The monoisotopic (exact) mass is 616 g/mol. The van der Waals surface area contributed by atoms with Gasteiger partial charge in [-0.25, -0.2) is 4.79 Å². The van der Waals surface area contributed by atoms with Crippen molar-refractivity contribution in [1.82, 2.24) is 0 Å². The second kappa shape index (κ2) is 12.3. The normalized spacial score (nSPS) is 45.3. The molecule has 5 rings (SSSR count). The average molecular weight is 617 g/mol. The van der Waals surface area contributed by atoms with Crippen molar-refractivity contribution < 1.29 is 43.2 Å². The van der Waals surface area contributed by atoms with Crippen LogP contribution in [0.3, 0.4) is 0 Å². The van der Waals surface area contributed by atoms with Crippen molar-refractivity contribution in [3.8, 4) is 0 Å². The number of carbonyl (C=O) groups excluding carboxylic acids is 3. The van der Waals surface area contributed by atoms with Crippen molar-refractivity contribution in [3.63, 3.8) is 0 Å². The lowest BCUT2D eigenvalue weighted by Gasteiger charge is -2.63. The van der Waals surface area contributed by atoms with Gasteiger partial charge in [-0.3, -0.25) is 9.59 Å². The number of carbonyl (C=O) groups is 3. The second-order valence-electron chi connectivity index (χ2n) is 14.5. The number of ketones is 1. The molecular formula is C35H52O9. The number of esters is 2. The highest BCUT2D eigenvalue weighted by atomic mass is 16.7. The number of hydrogen-bond acceptors (Lipinski definition) is 9. The molecule has 1 saturated heterocycles. The lowest BCUT2D eigenvalue weighted by molar-refractivity contribution is -0.270. The van der Waals surface area contributed by atoms with Gasteiger partial charge >= 0.3 is 11.9 Å². The maximum Gasteiger partial charge on any atom is 0.333 e. The van der Waals surface area contributed by atoms with E-state index in [0.717, 1.165) is 25.7 Å². The Hall–Kier alpha value is -2.07. The maximum atomic E-state index is 13.1. The molecule has 0 aromatic rings. The Balaban J connectivity index is 1.37. The van der Waals surface area contributed by atoms with E-state index in [2.05, 4.69) is 13.0 Å². The molecule has 0 spiro atoms. The summed E-state index contributed by atoms with van der Waals surface area (Å²) in [6.45, 7) is 12.7. The first-order valence-corrected chi connectivity index (χ1v) is 16.5. The van der Waals surface area contributed by atoms with Gasteiger partial charge in [0.15, 0.2) is 12.4 Å². The molecule has 246 valence electrons. The van der Waals surface area contributed by atoms with E-state index in [-0.39, 0.29) is 59.2 Å². The predicted molar refractivity (Wildman–Crippen MR) is 162 cm³/mol. The first kappa shape index (κ1) is 33.3. The fourth-order valence-corrected chi connectivity index (χ4v) is 9.72. The van der Waals surface area contributed by atoms with Crippen LogP contribution in [0.4, 0.5) is 0 Å². The van der Waals surface area contributed by atoms with Crippen molar-refractivity contribution in [2.24, 2.45) is 28.6 Å². The van der Waals surface area contributed by atoms with Gasteiger partial charge in [0.2, 0.25) is 0 Å². The molecule has 0 unspecified atom stereocenters. The molecule has 1 N–H and O–H groups in total. The Labute approximate surface area is 262 Å². The van der Waals surface area contributed by atoms with Crippen LogP contribution < -0.4 is 0 Å². The van der Waals surface area contributed by atoms with Gasteiger partial charge in [-0.2, -0.15) is 0 Å². The Bertz CT molecular complexity index is 1210. The van der Waals surface area contributed by atoms with Crippen LogP contribution in [-0.2, 0) is 38.1 Å². The summed E-state index contributed by atoms with van der Waals surface area (Å²) >= 11 is 0. The Morgan fingerprint density at radius 3 is 2.41 bits per heavy atom. The van der Waals surface area contributed by atoms with E-state index < -0.39 is 29.5 Å². The SMILES string of the molecule is C/C=C(\C)C(=O)O[C@@H]1C[C@H]2[C@@H](CC=C3C[C@@H](O[C@@H]4C[C@H](OC)[C@H](OC(C)=O)[C@@H](C)O4)CC[C@@]32C)[C@@]2(O)CC[C@H](C(C)=O)[C@@]12C. The smallest absolute Gasteiger partial charge is 0.333 e. The molecule has 9 nitrogen and oxygen atoms in total. The number of rotatable bonds is 7. The molecular weight excluding hydrogens is 564 g/mol. The van der Waals surface area contributed by atoms with Gasteiger partial charge in [-0.05, 0) is 89.9 Å². The number of Topliss-reactive ketones (excluding diaryl/α,β-unsaturated/α-hetero) is 1. The van der Waals surface area contributed by atoms with Crippen LogP contribution >= 0.6 is 0 Å². The number of allylic oxidation sites excluding steroid dienone is 2. The second-order valence-corrected chi connectivity index (χ2v) is 14.5. The molecule has 0 bridgehead atoms. The van der Waals surface area contributed by atoms with Crippen molar-refractivity contribution in [3.05, 3.63) is 23.3 Å². The van der Waals surface area contributed by atoms with E-state index in [9.17, 15) is 19.5 Å². The number of methoxy groups -OCH3 is 1. The lowest BCUT2D eigenvalue weighted by Crippen LogP contribution is -2.66. The lowest BCUT2D eigenvalue weighted by atomic mass is 9.45. The van der Waals surface area contributed by atoms with Crippen LogP contribution in [0.15, 0.2) is 23.3 Å². The van der Waals surface area contributed by atoms with Gasteiger partial charge in [-0.1, -0.05) is 31.6 Å².